The molecule has 0 aromatic heterocycles. The number of hydrogen-bond donors (Lipinski definition) is 1. The molecule has 1 heterocycles. The highest BCUT2D eigenvalue weighted by atomic mass is 16.5. The van der Waals surface area contributed by atoms with Crippen molar-refractivity contribution >= 4 is 5.84 Å². The Morgan fingerprint density at radius 1 is 1.50 bits per heavy atom. The Labute approximate surface area is 74.2 Å². The fourth-order valence-corrected chi connectivity index (χ4v) is 1.29. The van der Waals surface area contributed by atoms with Gasteiger partial charge in [-0.1, -0.05) is 0 Å². The van der Waals surface area contributed by atoms with Crippen molar-refractivity contribution in [3.8, 4) is 0 Å². The predicted octanol–water partition coefficient (Wildman–Crippen LogP) is 1.19. The SMILES string of the molecule is COCCCNC1=NCCCC1. The third-order valence-electron chi connectivity index (χ3n) is 1.98. The maximum absolute atomic E-state index is 4.95. The molecule has 0 unspecified atom stereocenters. The van der Waals surface area contributed by atoms with Gasteiger partial charge in [-0.2, -0.15) is 0 Å². The van der Waals surface area contributed by atoms with E-state index in [0.717, 1.165) is 32.5 Å². The van der Waals surface area contributed by atoms with E-state index in [0.29, 0.717) is 0 Å². The average Bonchev–Trinajstić information content (AvgIpc) is 2.14. The second-order valence-electron chi connectivity index (χ2n) is 3.06. The molecule has 0 amide bonds. The normalized spacial score (nSPS) is 17.2. The molecule has 1 N–H and O–H groups in total. The molecule has 0 radical (unpaired) electrons. The standard InChI is InChI=1S/C9H18N2O/c1-12-8-4-7-11-9-5-2-3-6-10-9/h2-8H2,1H3,(H,10,11). The number of nitrogens with one attached hydrogen (secondary N) is 1. The molecule has 0 atom stereocenters. The summed E-state index contributed by atoms with van der Waals surface area (Å²) in [6.07, 6.45) is 4.74. The summed E-state index contributed by atoms with van der Waals surface area (Å²) in [5, 5.41) is 3.33. The summed E-state index contributed by atoms with van der Waals surface area (Å²) in [5.41, 5.74) is 0. The third-order valence-corrected chi connectivity index (χ3v) is 1.98. The molecule has 70 valence electrons. The van der Waals surface area contributed by atoms with E-state index in [2.05, 4.69) is 10.3 Å². The highest BCUT2D eigenvalue weighted by Crippen LogP contribution is 2.03. The van der Waals surface area contributed by atoms with Crippen LogP contribution in [0.5, 0.6) is 0 Å². The van der Waals surface area contributed by atoms with Crippen LogP contribution in [-0.4, -0.2) is 32.6 Å². The van der Waals surface area contributed by atoms with Crippen molar-refractivity contribution in [2.45, 2.75) is 25.7 Å². The molecule has 3 heteroatoms. The molecule has 0 saturated carbocycles. The molecule has 1 aliphatic rings. The monoisotopic (exact) mass is 170 g/mol. The Hall–Kier alpha value is -0.570. The van der Waals surface area contributed by atoms with E-state index in [4.69, 9.17) is 4.74 Å². The van der Waals surface area contributed by atoms with Gasteiger partial charge < -0.3 is 10.1 Å². The van der Waals surface area contributed by atoms with Crippen LogP contribution in [-0.2, 0) is 4.74 Å². The molecular weight excluding hydrogens is 152 g/mol. The lowest BCUT2D eigenvalue weighted by Crippen LogP contribution is -2.27. The minimum Gasteiger partial charge on any atom is -0.385 e. The van der Waals surface area contributed by atoms with Gasteiger partial charge in [0, 0.05) is 33.2 Å². The van der Waals surface area contributed by atoms with Crippen LogP contribution in [0.4, 0.5) is 0 Å². The number of methoxy groups -OCH3 is 1. The van der Waals surface area contributed by atoms with Gasteiger partial charge in [0.2, 0.25) is 0 Å². The predicted molar refractivity (Wildman–Crippen MR) is 50.6 cm³/mol. The maximum Gasteiger partial charge on any atom is 0.0963 e. The quantitative estimate of drug-likeness (QED) is 0.643. The molecule has 0 aromatic carbocycles. The van der Waals surface area contributed by atoms with Gasteiger partial charge in [0.25, 0.3) is 0 Å². The Bertz CT molecular complexity index is 145. The van der Waals surface area contributed by atoms with Crippen LogP contribution in [0.1, 0.15) is 25.7 Å². The van der Waals surface area contributed by atoms with Crippen LogP contribution in [0.25, 0.3) is 0 Å². The average molecular weight is 170 g/mol. The van der Waals surface area contributed by atoms with Gasteiger partial charge in [0.05, 0.1) is 5.84 Å². The first-order valence-electron chi connectivity index (χ1n) is 4.69. The van der Waals surface area contributed by atoms with Crippen LogP contribution in [0.2, 0.25) is 0 Å². The first kappa shape index (κ1) is 9.52. The summed E-state index contributed by atoms with van der Waals surface area (Å²) >= 11 is 0. The lowest BCUT2D eigenvalue weighted by atomic mass is 10.2. The second kappa shape index (κ2) is 6.00. The van der Waals surface area contributed by atoms with Gasteiger partial charge in [0.1, 0.15) is 0 Å². The second-order valence-corrected chi connectivity index (χ2v) is 3.06. The first-order chi connectivity index (χ1) is 5.93. The van der Waals surface area contributed by atoms with Crippen LogP contribution < -0.4 is 5.32 Å². The summed E-state index contributed by atoms with van der Waals surface area (Å²) in [6.45, 7) is 2.83. The summed E-state index contributed by atoms with van der Waals surface area (Å²) in [5.74, 6) is 1.19. The van der Waals surface area contributed by atoms with Crippen LogP contribution in [0, 0.1) is 0 Å². The van der Waals surface area contributed by atoms with Crippen LogP contribution in [0.15, 0.2) is 4.99 Å². The van der Waals surface area contributed by atoms with Crippen molar-refractivity contribution < 1.29 is 4.74 Å². The van der Waals surface area contributed by atoms with E-state index in [1.807, 2.05) is 0 Å². The van der Waals surface area contributed by atoms with Gasteiger partial charge in [-0.25, -0.2) is 0 Å². The van der Waals surface area contributed by atoms with E-state index < -0.39 is 0 Å². The molecule has 0 spiro atoms. The smallest absolute Gasteiger partial charge is 0.0963 e. The molecule has 1 aliphatic heterocycles. The van der Waals surface area contributed by atoms with Crippen molar-refractivity contribution in [1.82, 2.24) is 5.32 Å². The number of amidine groups is 1. The zero-order valence-corrected chi connectivity index (χ0v) is 7.81. The molecule has 12 heavy (non-hydrogen) atoms. The Morgan fingerprint density at radius 3 is 3.08 bits per heavy atom. The molecule has 1 rings (SSSR count). The van der Waals surface area contributed by atoms with Gasteiger partial charge in [-0.05, 0) is 19.3 Å². The molecule has 3 nitrogen and oxygen atoms in total. The molecule has 0 aromatic rings. The van der Waals surface area contributed by atoms with Gasteiger partial charge in [0.15, 0.2) is 0 Å². The zero-order valence-electron chi connectivity index (χ0n) is 7.81. The zero-order chi connectivity index (χ0) is 8.65. The van der Waals surface area contributed by atoms with E-state index in [1.54, 1.807) is 7.11 Å². The van der Waals surface area contributed by atoms with Crippen molar-refractivity contribution in [2.75, 3.05) is 26.8 Å². The summed E-state index contributed by atoms with van der Waals surface area (Å²) in [7, 11) is 1.73. The number of hydrogen-bond acceptors (Lipinski definition) is 3. The van der Waals surface area contributed by atoms with E-state index >= 15 is 0 Å². The summed E-state index contributed by atoms with van der Waals surface area (Å²) in [6, 6.07) is 0. The number of nitrogens with zero attached hydrogens (tertiary/aromatic N) is 1. The van der Waals surface area contributed by atoms with Gasteiger partial charge in [-0.15, -0.1) is 0 Å². The van der Waals surface area contributed by atoms with E-state index in [1.165, 1.54) is 18.7 Å². The molecule has 0 aliphatic carbocycles. The number of rotatable bonds is 4. The van der Waals surface area contributed by atoms with E-state index in [9.17, 15) is 0 Å². The lowest BCUT2D eigenvalue weighted by Gasteiger charge is -2.13. The summed E-state index contributed by atoms with van der Waals surface area (Å²) < 4.78 is 4.95. The highest BCUT2D eigenvalue weighted by Gasteiger charge is 2.02. The van der Waals surface area contributed by atoms with Crippen molar-refractivity contribution in [2.24, 2.45) is 4.99 Å². The fourth-order valence-electron chi connectivity index (χ4n) is 1.29. The first-order valence-corrected chi connectivity index (χ1v) is 4.69. The van der Waals surface area contributed by atoms with Crippen molar-refractivity contribution in [3.63, 3.8) is 0 Å². The third kappa shape index (κ3) is 3.72. The minimum absolute atomic E-state index is 0.834. The molecule has 0 saturated heterocycles. The molecule has 0 bridgehead atoms. The Kier molecular flexibility index (Phi) is 4.76. The van der Waals surface area contributed by atoms with Crippen LogP contribution >= 0.6 is 0 Å². The number of aliphatic imine (C=N–C) groups is 1. The largest absolute Gasteiger partial charge is 0.385 e. The molecule has 0 fully saturated rings. The van der Waals surface area contributed by atoms with Crippen molar-refractivity contribution in [3.05, 3.63) is 0 Å². The lowest BCUT2D eigenvalue weighted by molar-refractivity contribution is 0.195. The van der Waals surface area contributed by atoms with Gasteiger partial charge in [-0.3, -0.25) is 4.99 Å². The number of ether oxygens (including phenoxy) is 1. The Balaban J connectivity index is 2.01. The summed E-state index contributed by atoms with van der Waals surface area (Å²) in [4.78, 5) is 4.39. The maximum atomic E-state index is 4.95. The van der Waals surface area contributed by atoms with Crippen molar-refractivity contribution in [1.29, 1.82) is 0 Å². The minimum atomic E-state index is 0.834. The topological polar surface area (TPSA) is 33.6 Å². The highest BCUT2D eigenvalue weighted by molar-refractivity contribution is 5.82. The Morgan fingerprint density at radius 2 is 2.42 bits per heavy atom. The fraction of sp³-hybridized carbons (Fsp3) is 0.889. The van der Waals surface area contributed by atoms with Crippen LogP contribution in [0.3, 0.4) is 0 Å². The van der Waals surface area contributed by atoms with Gasteiger partial charge >= 0.3 is 0 Å². The van der Waals surface area contributed by atoms with E-state index in [-0.39, 0.29) is 0 Å². The molecular formula is C9H18N2O.